The number of benzene rings is 1. The van der Waals surface area contributed by atoms with Gasteiger partial charge in [-0.1, -0.05) is 19.1 Å². The van der Waals surface area contributed by atoms with Gasteiger partial charge >= 0.3 is 0 Å². The molecule has 1 aliphatic carbocycles. The standard InChI is InChI=1S/C30H35N3O3/c1-4-21-17-25-6-5-24-15-20(2)16-26(36-3)28(24)29(30(25)31-19-21)23-9-11-32(12-10-23)27(34)18-22-7-13-33(35)14-8-22/h7-8,13-17,19,23,29H,4-6,9-12,18H2,1-3H3. The largest absolute Gasteiger partial charge is 0.619 e. The number of hydrogen-bond donors (Lipinski definition) is 0. The Kier molecular flexibility index (Phi) is 6.95. The molecule has 3 heterocycles. The third-order valence-electron chi connectivity index (χ3n) is 7.92. The van der Waals surface area contributed by atoms with Crippen LogP contribution in [0.2, 0.25) is 0 Å². The lowest BCUT2D eigenvalue weighted by Gasteiger charge is -2.37. The number of methoxy groups -OCH3 is 1. The van der Waals surface area contributed by atoms with Gasteiger partial charge in [-0.3, -0.25) is 9.78 Å². The summed E-state index contributed by atoms with van der Waals surface area (Å²) in [6, 6.07) is 10.3. The minimum absolute atomic E-state index is 0.123. The van der Waals surface area contributed by atoms with Crippen LogP contribution in [0.1, 0.15) is 64.8 Å². The van der Waals surface area contributed by atoms with E-state index in [4.69, 9.17) is 9.72 Å². The number of ether oxygens (including phenoxy) is 1. The molecule has 1 unspecified atom stereocenters. The van der Waals surface area contributed by atoms with Gasteiger partial charge in [0.2, 0.25) is 5.91 Å². The molecule has 5 rings (SSSR count). The summed E-state index contributed by atoms with van der Waals surface area (Å²) in [6.45, 7) is 5.79. The molecule has 1 atom stereocenters. The van der Waals surface area contributed by atoms with Gasteiger partial charge in [0.15, 0.2) is 12.4 Å². The van der Waals surface area contributed by atoms with Crippen molar-refractivity contribution >= 4 is 5.91 Å². The van der Waals surface area contributed by atoms with Crippen LogP contribution in [-0.4, -0.2) is 36.0 Å². The van der Waals surface area contributed by atoms with Crippen molar-refractivity contribution in [2.45, 2.75) is 58.3 Å². The zero-order valence-electron chi connectivity index (χ0n) is 21.5. The second kappa shape index (κ2) is 10.3. The van der Waals surface area contributed by atoms with E-state index in [9.17, 15) is 10.0 Å². The summed E-state index contributed by atoms with van der Waals surface area (Å²) in [7, 11) is 1.77. The van der Waals surface area contributed by atoms with Gasteiger partial charge in [0.25, 0.3) is 0 Å². The molecule has 6 heteroatoms. The van der Waals surface area contributed by atoms with Crippen LogP contribution in [-0.2, 0) is 30.5 Å². The molecule has 2 aliphatic rings. The third kappa shape index (κ3) is 4.81. The molecule has 0 saturated carbocycles. The Bertz CT molecular complexity index is 1250. The van der Waals surface area contributed by atoms with E-state index in [1.54, 1.807) is 19.2 Å². The number of aromatic nitrogens is 2. The number of rotatable bonds is 5. The number of carbonyl (C=O) groups is 1. The van der Waals surface area contributed by atoms with E-state index in [0.29, 0.717) is 12.3 Å². The van der Waals surface area contributed by atoms with Gasteiger partial charge in [-0.15, -0.1) is 0 Å². The van der Waals surface area contributed by atoms with Gasteiger partial charge in [0.05, 0.1) is 19.2 Å². The summed E-state index contributed by atoms with van der Waals surface area (Å²) in [5.74, 6) is 1.63. The summed E-state index contributed by atoms with van der Waals surface area (Å²) in [4.78, 5) is 20.0. The SMILES string of the molecule is CCc1cnc2c(c1)CCc1cc(C)cc(OC)c1C2C1CCN(C(=O)Cc2cc[n+]([O-])cc2)CC1. The molecule has 0 spiro atoms. The van der Waals surface area contributed by atoms with Crippen LogP contribution >= 0.6 is 0 Å². The maximum absolute atomic E-state index is 13.0. The third-order valence-corrected chi connectivity index (χ3v) is 7.92. The van der Waals surface area contributed by atoms with Crippen molar-refractivity contribution in [3.8, 4) is 5.75 Å². The van der Waals surface area contributed by atoms with Gasteiger partial charge in [0, 0.05) is 42.9 Å². The number of carbonyl (C=O) groups excluding carboxylic acids is 1. The van der Waals surface area contributed by atoms with Gasteiger partial charge in [-0.2, -0.15) is 4.73 Å². The van der Waals surface area contributed by atoms with E-state index < -0.39 is 0 Å². The zero-order chi connectivity index (χ0) is 25.2. The number of hydrogen-bond acceptors (Lipinski definition) is 4. The smallest absolute Gasteiger partial charge is 0.226 e. The summed E-state index contributed by atoms with van der Waals surface area (Å²) < 4.78 is 6.69. The molecule has 36 heavy (non-hydrogen) atoms. The predicted octanol–water partition coefficient (Wildman–Crippen LogP) is 4.31. The fraction of sp³-hybridized carbons (Fsp3) is 0.433. The first kappa shape index (κ1) is 24.3. The molecule has 0 radical (unpaired) electrons. The molecule has 3 aromatic rings. The van der Waals surface area contributed by atoms with Gasteiger partial charge < -0.3 is 14.8 Å². The van der Waals surface area contributed by atoms with Crippen LogP contribution in [0.5, 0.6) is 5.75 Å². The lowest BCUT2D eigenvalue weighted by Crippen LogP contribution is -2.41. The van der Waals surface area contributed by atoms with Crippen molar-refractivity contribution in [1.29, 1.82) is 0 Å². The van der Waals surface area contributed by atoms with Crippen LogP contribution in [0.25, 0.3) is 0 Å². The van der Waals surface area contributed by atoms with Crippen molar-refractivity contribution in [1.82, 2.24) is 9.88 Å². The van der Waals surface area contributed by atoms with Gasteiger partial charge in [0.1, 0.15) is 5.75 Å². The molecule has 6 nitrogen and oxygen atoms in total. The molecular formula is C30H35N3O3. The molecule has 2 aromatic heterocycles. The number of piperidine rings is 1. The van der Waals surface area contributed by atoms with Crippen molar-refractivity contribution in [3.63, 3.8) is 0 Å². The Labute approximate surface area is 213 Å². The summed E-state index contributed by atoms with van der Waals surface area (Å²) in [5.41, 5.74) is 8.58. The second-order valence-electron chi connectivity index (χ2n) is 10.2. The Morgan fingerprint density at radius 3 is 2.53 bits per heavy atom. The normalized spacial score (nSPS) is 17.8. The second-order valence-corrected chi connectivity index (χ2v) is 10.2. The fourth-order valence-electron chi connectivity index (χ4n) is 6.00. The van der Waals surface area contributed by atoms with E-state index in [2.05, 4.69) is 32.0 Å². The van der Waals surface area contributed by atoms with E-state index in [-0.39, 0.29) is 11.8 Å². The first-order valence-electron chi connectivity index (χ1n) is 13.1. The Morgan fingerprint density at radius 2 is 1.83 bits per heavy atom. The Hall–Kier alpha value is -3.41. The molecule has 1 saturated heterocycles. The molecule has 1 amide bonds. The van der Waals surface area contributed by atoms with Gasteiger partial charge in [-0.25, -0.2) is 0 Å². The van der Waals surface area contributed by atoms with Crippen LogP contribution in [0, 0.1) is 18.0 Å². The highest BCUT2D eigenvalue weighted by molar-refractivity contribution is 5.78. The highest BCUT2D eigenvalue weighted by Gasteiger charge is 2.36. The van der Waals surface area contributed by atoms with Crippen LogP contribution in [0.4, 0.5) is 0 Å². The topological polar surface area (TPSA) is 69.4 Å². The number of fused-ring (bicyclic) bond motifs is 2. The Morgan fingerprint density at radius 1 is 1.11 bits per heavy atom. The highest BCUT2D eigenvalue weighted by Crippen LogP contribution is 2.46. The lowest BCUT2D eigenvalue weighted by atomic mass is 9.75. The van der Waals surface area contributed by atoms with Gasteiger partial charge in [-0.05, 0) is 78.8 Å². The number of likely N-dealkylation sites (tertiary alicyclic amines) is 1. The molecule has 1 aliphatic heterocycles. The maximum atomic E-state index is 13.0. The van der Waals surface area contributed by atoms with Crippen molar-refractivity contribution in [2.75, 3.05) is 20.2 Å². The van der Waals surface area contributed by atoms with Crippen LogP contribution in [0.15, 0.2) is 48.9 Å². The average Bonchev–Trinajstić information content (AvgIpc) is 3.06. The predicted molar refractivity (Wildman–Crippen MR) is 139 cm³/mol. The monoisotopic (exact) mass is 485 g/mol. The highest BCUT2D eigenvalue weighted by atomic mass is 16.5. The molecule has 0 N–H and O–H groups in total. The lowest BCUT2D eigenvalue weighted by molar-refractivity contribution is -0.605. The summed E-state index contributed by atoms with van der Waals surface area (Å²) >= 11 is 0. The van der Waals surface area contributed by atoms with Crippen molar-refractivity contribution in [3.05, 3.63) is 93.2 Å². The summed E-state index contributed by atoms with van der Waals surface area (Å²) in [6.07, 6.45) is 10.1. The number of nitrogens with zero attached hydrogens (tertiary/aromatic N) is 3. The molecule has 188 valence electrons. The quantitative estimate of drug-likeness (QED) is 0.399. The number of pyridine rings is 2. The minimum Gasteiger partial charge on any atom is -0.619 e. The Balaban J connectivity index is 1.42. The molecule has 0 bridgehead atoms. The van der Waals surface area contributed by atoms with Crippen LogP contribution < -0.4 is 9.47 Å². The maximum Gasteiger partial charge on any atom is 0.226 e. The molecular weight excluding hydrogens is 450 g/mol. The zero-order valence-corrected chi connectivity index (χ0v) is 21.5. The first-order valence-corrected chi connectivity index (χ1v) is 13.1. The fourth-order valence-corrected chi connectivity index (χ4v) is 6.00. The minimum atomic E-state index is 0.123. The van der Waals surface area contributed by atoms with Crippen molar-refractivity contribution in [2.24, 2.45) is 5.92 Å². The molecule has 1 aromatic carbocycles. The van der Waals surface area contributed by atoms with Crippen LogP contribution in [0.3, 0.4) is 0 Å². The average molecular weight is 486 g/mol. The van der Waals surface area contributed by atoms with E-state index >= 15 is 0 Å². The van der Waals surface area contributed by atoms with E-state index in [1.807, 2.05) is 11.1 Å². The van der Waals surface area contributed by atoms with Crippen molar-refractivity contribution < 1.29 is 14.3 Å². The molecule has 1 fully saturated rings. The van der Waals surface area contributed by atoms with E-state index in [0.717, 1.165) is 61.2 Å². The van der Waals surface area contributed by atoms with E-state index in [1.165, 1.54) is 45.9 Å². The first-order chi connectivity index (χ1) is 17.5. The number of aryl methyl sites for hydroxylation is 4. The summed E-state index contributed by atoms with van der Waals surface area (Å²) in [5, 5.41) is 11.3. The number of amides is 1.